The van der Waals surface area contributed by atoms with Gasteiger partial charge in [-0.15, -0.1) is 0 Å². The first-order valence-corrected chi connectivity index (χ1v) is 16.7. The van der Waals surface area contributed by atoms with Crippen LogP contribution in [0.3, 0.4) is 0 Å². The minimum atomic E-state index is -4.64. The number of rotatable bonds is 10. The van der Waals surface area contributed by atoms with Crippen molar-refractivity contribution in [2.45, 2.75) is 44.9 Å². The van der Waals surface area contributed by atoms with Crippen LogP contribution >= 0.6 is 19.2 Å². The van der Waals surface area contributed by atoms with Gasteiger partial charge in [-0.25, -0.2) is 4.79 Å². The van der Waals surface area contributed by atoms with Gasteiger partial charge in [0.25, 0.3) is 0 Å². The summed E-state index contributed by atoms with van der Waals surface area (Å²) in [5.41, 5.74) is 8.99. The number of carbonyl (C=O) groups is 2. The Labute approximate surface area is 263 Å². The Morgan fingerprint density at radius 1 is 1.11 bits per heavy atom. The van der Waals surface area contributed by atoms with E-state index >= 15 is 0 Å². The van der Waals surface area contributed by atoms with E-state index < -0.39 is 25.0 Å². The van der Waals surface area contributed by atoms with Gasteiger partial charge in [0.2, 0.25) is 5.43 Å². The van der Waals surface area contributed by atoms with Crippen LogP contribution in [0.2, 0.25) is 5.02 Å². The van der Waals surface area contributed by atoms with Gasteiger partial charge in [-0.1, -0.05) is 11.6 Å². The molecule has 1 unspecified atom stereocenters. The molecule has 1 atom stereocenters. The minimum Gasteiger partial charge on any atom is -0.775 e. The number of anilines is 1. The van der Waals surface area contributed by atoms with Crippen molar-refractivity contribution in [3.05, 3.63) is 67.8 Å². The summed E-state index contributed by atoms with van der Waals surface area (Å²) in [4.78, 5) is 52.9. The zero-order chi connectivity index (χ0) is 32.0. The number of nitrogens with zero attached hydrogens (tertiary/aromatic N) is 1. The summed E-state index contributed by atoms with van der Waals surface area (Å²) in [6, 6.07) is 7.10. The molecule has 45 heavy (non-hydrogen) atoms. The molecule has 2 aromatic carbocycles. The van der Waals surface area contributed by atoms with Gasteiger partial charge in [-0.2, -0.15) is 0 Å². The van der Waals surface area contributed by atoms with Gasteiger partial charge in [-0.3, -0.25) is 9.59 Å². The Balaban J connectivity index is 1.73. The molecular weight excluding hydrogens is 623 g/mol. The fourth-order valence-corrected chi connectivity index (χ4v) is 7.81. The summed E-state index contributed by atoms with van der Waals surface area (Å²) in [5, 5.41) is 19.7. The van der Waals surface area contributed by atoms with E-state index in [1.165, 1.54) is 24.3 Å². The number of hydrogen-bond donors (Lipinski definition) is 3. The third-order valence-electron chi connectivity index (χ3n) is 8.51. The van der Waals surface area contributed by atoms with E-state index in [4.69, 9.17) is 26.3 Å². The van der Waals surface area contributed by atoms with E-state index in [0.29, 0.717) is 29.4 Å². The first-order valence-electron chi connectivity index (χ1n) is 14.8. The van der Waals surface area contributed by atoms with Crippen molar-refractivity contribution in [1.29, 1.82) is 0 Å². The van der Waals surface area contributed by atoms with E-state index in [1.807, 2.05) is 6.07 Å². The fourth-order valence-electron chi connectivity index (χ4n) is 6.49. The Hall–Kier alpha value is -3.73. The predicted molar refractivity (Wildman–Crippen MR) is 168 cm³/mol. The largest absolute Gasteiger partial charge is 0.775 e. The molecule has 0 saturated carbocycles. The number of aliphatic carboxylic acids is 1. The monoisotopic (exact) mass is 653 g/mol. The number of carboxylic acid groups (broad SMARTS) is 2. The Morgan fingerprint density at radius 3 is 2.58 bits per heavy atom. The molecule has 1 aliphatic carbocycles. The summed E-state index contributed by atoms with van der Waals surface area (Å²) < 4.78 is 24.9. The van der Waals surface area contributed by atoms with Crippen molar-refractivity contribution in [3.63, 3.8) is 0 Å². The third kappa shape index (κ3) is 5.64. The SMILES string of the molecule is NCCCOP(=O)([O-])c1ccc(C(=O)O)c(-c2c3cc(CCC(=O)O)c(=O)c(Cl)c-3oc3c4c5c(cc23)CCCN5CCC4)c1. The number of aromatic carboxylic acids is 1. The standard InChI is InChI=1S/C32H32ClN2O9P/c33-27-29(38)18(6-9-25(36)37)15-24-26(22-16-19(7-8-20(22)32(39)40)45(41,42)43-13-3-10-34)23-14-17-4-1-11-35-12-2-5-21(28(17)35)30(23)44-31(24)27/h7-8,14-16H,1-6,9-13,34H2,(H,36,37)(H,39,40)(H,41,42)/p-1. The maximum absolute atomic E-state index is 13.3. The van der Waals surface area contributed by atoms with Gasteiger partial charge in [0.1, 0.15) is 10.6 Å². The molecule has 236 valence electrons. The van der Waals surface area contributed by atoms with Crippen LogP contribution in [0.4, 0.5) is 5.69 Å². The molecule has 0 radical (unpaired) electrons. The molecule has 0 saturated heterocycles. The molecule has 13 heteroatoms. The molecule has 11 nitrogen and oxygen atoms in total. The van der Waals surface area contributed by atoms with Gasteiger partial charge in [0.05, 0.1) is 12.2 Å². The van der Waals surface area contributed by atoms with Crippen LogP contribution < -0.4 is 26.3 Å². The average molecular weight is 654 g/mol. The predicted octanol–water partition coefficient (Wildman–Crippen LogP) is 4.18. The second-order valence-electron chi connectivity index (χ2n) is 11.4. The van der Waals surface area contributed by atoms with Crippen molar-refractivity contribution >= 4 is 53.1 Å². The quantitative estimate of drug-likeness (QED) is 0.127. The molecule has 0 spiro atoms. The van der Waals surface area contributed by atoms with Crippen LogP contribution in [0, 0.1) is 0 Å². The maximum atomic E-state index is 13.3. The lowest BCUT2D eigenvalue weighted by Gasteiger charge is -2.37. The lowest BCUT2D eigenvalue weighted by atomic mass is 9.84. The Kier molecular flexibility index (Phi) is 8.49. The first kappa shape index (κ1) is 31.3. The number of hydrogen-bond acceptors (Lipinski definition) is 9. The van der Waals surface area contributed by atoms with Crippen molar-refractivity contribution in [1.82, 2.24) is 0 Å². The van der Waals surface area contributed by atoms with Crippen LogP contribution in [-0.2, 0) is 33.1 Å². The molecule has 0 bridgehead atoms. The van der Waals surface area contributed by atoms with E-state index in [1.54, 1.807) is 0 Å². The van der Waals surface area contributed by atoms with Gasteiger partial charge in [0, 0.05) is 58.1 Å². The van der Waals surface area contributed by atoms with E-state index in [9.17, 15) is 34.1 Å². The normalized spacial score (nSPS) is 15.7. The Morgan fingerprint density at radius 2 is 1.87 bits per heavy atom. The lowest BCUT2D eigenvalue weighted by molar-refractivity contribution is -0.193. The molecule has 4 aliphatic rings. The van der Waals surface area contributed by atoms with Crippen LogP contribution in [0.25, 0.3) is 33.4 Å². The lowest BCUT2D eigenvalue weighted by Crippen LogP contribution is -2.34. The van der Waals surface area contributed by atoms with Crippen LogP contribution in [0.15, 0.2) is 39.5 Å². The molecule has 0 aromatic heterocycles. The molecule has 2 aromatic rings. The number of benzene rings is 3. The molecule has 3 aliphatic heterocycles. The van der Waals surface area contributed by atoms with Crippen molar-refractivity contribution in [3.8, 4) is 22.5 Å². The topological polar surface area (TPSA) is 183 Å². The number of fused-ring (bicyclic) bond motifs is 3. The summed E-state index contributed by atoms with van der Waals surface area (Å²) in [6.07, 6.45) is 3.10. The summed E-state index contributed by atoms with van der Waals surface area (Å²) >= 11 is 6.66. The molecule has 0 amide bonds. The smallest absolute Gasteiger partial charge is 0.336 e. The maximum Gasteiger partial charge on any atom is 0.336 e. The minimum absolute atomic E-state index is 0.0126. The fraction of sp³-hybridized carbons (Fsp3) is 0.344. The second-order valence-corrected chi connectivity index (χ2v) is 13.5. The Bertz CT molecular complexity index is 1940. The highest BCUT2D eigenvalue weighted by Crippen LogP contribution is 2.49. The van der Waals surface area contributed by atoms with Crippen LogP contribution in [0.5, 0.6) is 0 Å². The molecular formula is C32H31ClN2O9P-. The summed E-state index contributed by atoms with van der Waals surface area (Å²) in [5.74, 6) is -2.39. The van der Waals surface area contributed by atoms with Crippen molar-refractivity contribution in [2.75, 3.05) is 31.1 Å². The number of nitrogens with two attached hydrogens (primary N) is 1. The molecule has 3 heterocycles. The van der Waals surface area contributed by atoms with Crippen LogP contribution in [0.1, 0.15) is 52.7 Å². The molecule has 0 fully saturated rings. The molecule has 6 rings (SSSR count). The first-order chi connectivity index (χ1) is 21.5. The van der Waals surface area contributed by atoms with Crippen molar-refractivity contribution in [2.24, 2.45) is 5.73 Å². The number of carboxylic acids is 2. The third-order valence-corrected chi connectivity index (χ3v) is 10.3. The van der Waals surface area contributed by atoms with E-state index in [0.717, 1.165) is 49.2 Å². The number of aryl methyl sites for hydroxylation is 3. The second kappa shape index (κ2) is 12.2. The zero-order valence-corrected chi connectivity index (χ0v) is 25.9. The van der Waals surface area contributed by atoms with Gasteiger partial charge < -0.3 is 39.2 Å². The summed E-state index contributed by atoms with van der Waals surface area (Å²) in [6.45, 7) is 1.87. The number of halogens is 1. The zero-order valence-electron chi connectivity index (χ0n) is 24.3. The highest BCUT2D eigenvalue weighted by Gasteiger charge is 2.32. The van der Waals surface area contributed by atoms with Crippen LogP contribution in [-0.4, -0.2) is 48.4 Å². The highest BCUT2D eigenvalue weighted by molar-refractivity contribution is 7.59. The van der Waals surface area contributed by atoms with Crippen molar-refractivity contribution < 1.29 is 38.2 Å². The van der Waals surface area contributed by atoms with Gasteiger partial charge in [-0.05, 0) is 86.5 Å². The highest BCUT2D eigenvalue weighted by atomic mass is 35.5. The van der Waals surface area contributed by atoms with Gasteiger partial charge >= 0.3 is 11.9 Å². The summed E-state index contributed by atoms with van der Waals surface area (Å²) in [7, 11) is -4.64. The van der Waals surface area contributed by atoms with E-state index in [2.05, 4.69) is 4.90 Å². The average Bonchev–Trinajstić information content (AvgIpc) is 3.01. The molecule has 4 N–H and O–H groups in total. The van der Waals surface area contributed by atoms with E-state index in [-0.39, 0.29) is 64.3 Å². The van der Waals surface area contributed by atoms with Gasteiger partial charge in [0.15, 0.2) is 13.4 Å².